The Hall–Kier alpha value is -3.21. The smallest absolute Gasteiger partial charge is 0.327 e. The van der Waals surface area contributed by atoms with E-state index in [4.69, 9.17) is 5.73 Å². The van der Waals surface area contributed by atoms with Gasteiger partial charge in [0.25, 0.3) is 5.56 Å². The number of benzene rings is 2. The molecule has 9 nitrogen and oxygen atoms in total. The van der Waals surface area contributed by atoms with Gasteiger partial charge in [0.1, 0.15) is 5.82 Å². The summed E-state index contributed by atoms with van der Waals surface area (Å²) in [4.78, 5) is 31.0. The molecule has 4 N–H and O–H groups in total. The Kier molecular flexibility index (Phi) is 6.26. The van der Waals surface area contributed by atoms with Gasteiger partial charge in [-0.1, -0.05) is 60.7 Å². The highest BCUT2D eigenvalue weighted by Gasteiger charge is 2.33. The largest absolute Gasteiger partial charge is 0.385 e. The fourth-order valence-electron chi connectivity index (χ4n) is 4.10. The zero-order chi connectivity index (χ0) is 22.7. The number of rotatable bonds is 6. The summed E-state index contributed by atoms with van der Waals surface area (Å²) in [5.41, 5.74) is 6.64. The van der Waals surface area contributed by atoms with Crippen LogP contribution in [-0.4, -0.2) is 53.8 Å². The molecule has 0 saturated carbocycles. The van der Waals surface area contributed by atoms with Crippen molar-refractivity contribution in [3.63, 3.8) is 0 Å². The number of nitrogens with zero attached hydrogens (tertiary/aromatic N) is 2. The molecule has 0 bridgehead atoms. The molecule has 1 aromatic heterocycles. The molecule has 1 aliphatic rings. The van der Waals surface area contributed by atoms with Gasteiger partial charge in [0, 0.05) is 26.2 Å². The summed E-state index contributed by atoms with van der Waals surface area (Å²) in [6, 6.07) is 17.9. The van der Waals surface area contributed by atoms with Gasteiger partial charge in [0.05, 0.1) is 17.4 Å². The lowest BCUT2D eigenvalue weighted by molar-refractivity contribution is 0.155. The predicted molar refractivity (Wildman–Crippen MR) is 123 cm³/mol. The molecule has 0 unspecified atom stereocenters. The van der Waals surface area contributed by atoms with Crippen LogP contribution in [0.5, 0.6) is 0 Å². The average molecular weight is 456 g/mol. The van der Waals surface area contributed by atoms with E-state index < -0.39 is 27.3 Å². The number of anilines is 1. The second kappa shape index (κ2) is 9.11. The summed E-state index contributed by atoms with van der Waals surface area (Å²) >= 11 is 0. The van der Waals surface area contributed by atoms with E-state index in [1.807, 2.05) is 53.4 Å². The minimum absolute atomic E-state index is 0.00623. The van der Waals surface area contributed by atoms with Crippen LogP contribution in [0.3, 0.4) is 0 Å². The second-order valence-corrected chi connectivity index (χ2v) is 9.69. The number of nitrogens with two attached hydrogens (primary N) is 1. The van der Waals surface area contributed by atoms with Gasteiger partial charge < -0.3 is 5.73 Å². The molecule has 0 radical (unpaired) electrons. The molecule has 1 atom stereocenters. The maximum Gasteiger partial charge on any atom is 0.327 e. The fourth-order valence-corrected chi connectivity index (χ4v) is 5.61. The van der Waals surface area contributed by atoms with Crippen molar-refractivity contribution < 1.29 is 8.42 Å². The third kappa shape index (κ3) is 4.67. The van der Waals surface area contributed by atoms with Crippen LogP contribution in [0.4, 0.5) is 5.82 Å². The Bertz CT molecular complexity index is 1280. The number of nitrogen functional groups attached to an aromatic ring is 1. The van der Waals surface area contributed by atoms with E-state index in [0.29, 0.717) is 26.2 Å². The summed E-state index contributed by atoms with van der Waals surface area (Å²) in [6.45, 7) is 1.40. The molecular weight excluding hydrogens is 430 g/mol. The minimum Gasteiger partial charge on any atom is -0.385 e. The van der Waals surface area contributed by atoms with Crippen molar-refractivity contribution in [2.75, 3.05) is 31.9 Å². The molecule has 2 aromatic carbocycles. The Morgan fingerprint density at radius 2 is 1.47 bits per heavy atom. The third-order valence-corrected chi connectivity index (χ3v) is 7.47. The molecule has 168 valence electrons. The lowest BCUT2D eigenvalue weighted by Crippen LogP contribution is -2.51. The van der Waals surface area contributed by atoms with Gasteiger partial charge in [-0.05, 0) is 11.1 Å². The predicted octanol–water partition coefficient (Wildman–Crippen LogP) is 0.882. The molecule has 10 heteroatoms. The first kappa shape index (κ1) is 22.0. The molecule has 0 spiro atoms. The number of aromatic nitrogens is 2. The normalized spacial score (nSPS) is 16.6. The van der Waals surface area contributed by atoms with E-state index in [1.54, 1.807) is 12.1 Å². The van der Waals surface area contributed by atoms with E-state index >= 15 is 0 Å². The van der Waals surface area contributed by atoms with Crippen LogP contribution < -0.4 is 17.0 Å². The number of hydrogen-bond acceptors (Lipinski definition) is 6. The zero-order valence-electron chi connectivity index (χ0n) is 17.4. The van der Waals surface area contributed by atoms with Crippen LogP contribution in [0.2, 0.25) is 0 Å². The van der Waals surface area contributed by atoms with Gasteiger partial charge in [-0.2, -0.15) is 4.31 Å². The highest BCUT2D eigenvalue weighted by atomic mass is 32.2. The average Bonchev–Trinajstić information content (AvgIpc) is 2.77. The molecule has 1 fully saturated rings. The number of H-pyrrole nitrogens is 2. The Balaban J connectivity index is 1.59. The topological polar surface area (TPSA) is 132 Å². The molecule has 1 aliphatic heterocycles. The Morgan fingerprint density at radius 3 is 2.06 bits per heavy atom. The Morgan fingerprint density at radius 1 is 0.875 bits per heavy atom. The van der Waals surface area contributed by atoms with Crippen LogP contribution in [0.15, 0.2) is 70.3 Å². The van der Waals surface area contributed by atoms with Crippen LogP contribution in [-0.2, 0) is 15.8 Å². The standard InChI is InChI=1S/C22H25N5O4S/c23-20-18(21(28)25-22(29)24-20)19(17-9-5-2-6-10-17)26-11-13-27(14-12-26)32(30,31)15-16-7-3-1-4-8-16/h1-10,19H,11-15H2,(H4,23,24,25,28,29)/t19-/m0/s1. The molecule has 1 saturated heterocycles. The van der Waals surface area contributed by atoms with Gasteiger partial charge in [-0.15, -0.1) is 0 Å². The van der Waals surface area contributed by atoms with Crippen LogP contribution >= 0.6 is 0 Å². The molecule has 2 heterocycles. The summed E-state index contributed by atoms with van der Waals surface area (Å²) in [5, 5.41) is 0. The van der Waals surface area contributed by atoms with Crippen LogP contribution in [0, 0.1) is 0 Å². The van der Waals surface area contributed by atoms with Crippen molar-refractivity contribution in [1.82, 2.24) is 19.2 Å². The first-order valence-electron chi connectivity index (χ1n) is 10.3. The molecular formula is C22H25N5O4S. The Labute approximate surface area is 185 Å². The van der Waals surface area contributed by atoms with Crippen molar-refractivity contribution in [2.24, 2.45) is 0 Å². The molecule has 3 aromatic rings. The van der Waals surface area contributed by atoms with Gasteiger partial charge in [0.2, 0.25) is 10.0 Å². The van der Waals surface area contributed by atoms with E-state index in [0.717, 1.165) is 11.1 Å². The first-order valence-corrected chi connectivity index (χ1v) is 11.9. The monoisotopic (exact) mass is 455 g/mol. The zero-order valence-corrected chi connectivity index (χ0v) is 18.2. The SMILES string of the molecule is Nc1[nH]c(=O)[nH]c(=O)c1[C@H](c1ccccc1)N1CCN(S(=O)(=O)Cc2ccccc2)CC1. The van der Waals surface area contributed by atoms with Gasteiger partial charge in [-0.3, -0.25) is 19.7 Å². The van der Waals surface area contributed by atoms with E-state index in [2.05, 4.69) is 9.97 Å². The van der Waals surface area contributed by atoms with Gasteiger partial charge in [0.15, 0.2) is 0 Å². The van der Waals surface area contributed by atoms with Crippen molar-refractivity contribution in [2.45, 2.75) is 11.8 Å². The summed E-state index contributed by atoms with van der Waals surface area (Å²) in [5.74, 6) is -0.0468. The maximum atomic E-state index is 12.9. The lowest BCUT2D eigenvalue weighted by Gasteiger charge is -2.39. The number of nitrogens with one attached hydrogen (secondary N) is 2. The lowest BCUT2D eigenvalue weighted by atomic mass is 9.97. The van der Waals surface area contributed by atoms with E-state index in [9.17, 15) is 18.0 Å². The van der Waals surface area contributed by atoms with E-state index in [-0.39, 0.29) is 17.1 Å². The highest BCUT2D eigenvalue weighted by molar-refractivity contribution is 7.88. The van der Waals surface area contributed by atoms with Crippen molar-refractivity contribution in [1.29, 1.82) is 0 Å². The second-order valence-electron chi connectivity index (χ2n) is 7.73. The molecule has 0 amide bonds. The quantitative estimate of drug-likeness (QED) is 0.506. The first-order chi connectivity index (χ1) is 15.3. The molecule has 0 aliphatic carbocycles. The van der Waals surface area contributed by atoms with Crippen molar-refractivity contribution in [3.8, 4) is 0 Å². The number of hydrogen-bond donors (Lipinski definition) is 3. The summed E-state index contributed by atoms with van der Waals surface area (Å²) in [6.07, 6.45) is 0. The third-order valence-electron chi connectivity index (χ3n) is 5.62. The summed E-state index contributed by atoms with van der Waals surface area (Å²) < 4.78 is 27.3. The van der Waals surface area contributed by atoms with E-state index in [1.165, 1.54) is 4.31 Å². The van der Waals surface area contributed by atoms with Gasteiger partial charge >= 0.3 is 5.69 Å². The minimum atomic E-state index is -3.47. The number of piperazine rings is 1. The van der Waals surface area contributed by atoms with Gasteiger partial charge in [-0.25, -0.2) is 13.2 Å². The van der Waals surface area contributed by atoms with Crippen molar-refractivity contribution in [3.05, 3.63) is 98.2 Å². The van der Waals surface area contributed by atoms with Crippen LogP contribution in [0.25, 0.3) is 0 Å². The summed E-state index contributed by atoms with van der Waals surface area (Å²) in [7, 11) is -3.47. The molecule has 4 rings (SSSR count). The molecule has 32 heavy (non-hydrogen) atoms. The maximum absolute atomic E-state index is 12.9. The van der Waals surface area contributed by atoms with Crippen molar-refractivity contribution >= 4 is 15.8 Å². The number of aromatic amines is 2. The highest BCUT2D eigenvalue weighted by Crippen LogP contribution is 2.30. The fraction of sp³-hybridized carbons (Fsp3) is 0.273. The number of sulfonamides is 1. The van der Waals surface area contributed by atoms with Crippen LogP contribution in [0.1, 0.15) is 22.7 Å².